The van der Waals surface area contributed by atoms with Crippen molar-refractivity contribution >= 4 is 29.3 Å². The average molecular weight is 285 g/mol. The van der Waals surface area contributed by atoms with E-state index in [0.29, 0.717) is 5.02 Å². The Morgan fingerprint density at radius 1 is 1.33 bits per heavy atom. The van der Waals surface area contributed by atoms with Crippen molar-refractivity contribution < 1.29 is 9.90 Å². The van der Waals surface area contributed by atoms with Crippen molar-refractivity contribution in [1.29, 1.82) is 0 Å². The van der Waals surface area contributed by atoms with Crippen molar-refractivity contribution in [1.82, 2.24) is 0 Å². The Bertz CT molecular complexity index is 453. The number of carbonyl (C=O) groups is 1. The van der Waals surface area contributed by atoms with E-state index in [4.69, 9.17) is 11.6 Å². The van der Waals surface area contributed by atoms with Gasteiger partial charge in [0.1, 0.15) is 0 Å². The number of hydrogen-bond acceptors (Lipinski definition) is 2. The summed E-state index contributed by atoms with van der Waals surface area (Å²) in [5, 5.41) is 10.3. The minimum Gasteiger partial charge on any atom is -0.481 e. The summed E-state index contributed by atoms with van der Waals surface area (Å²) in [7, 11) is 0. The predicted molar refractivity (Wildman–Crippen MR) is 75.6 cm³/mol. The van der Waals surface area contributed by atoms with Crippen LogP contribution >= 0.6 is 23.4 Å². The second kappa shape index (κ2) is 5.54. The molecule has 0 heterocycles. The number of carboxylic acid groups (broad SMARTS) is 1. The second-order valence-corrected chi connectivity index (χ2v) is 6.05. The molecular formula is C14H17ClO2S. The number of halogens is 1. The standard InChI is InChI=1S/C14H17ClO2S/c1-18-12-6-5-10(9-11(12)15)14(13(16)17)7-3-2-4-8-14/h5-6,9H,2-4,7-8H2,1H3,(H,16,17). The van der Waals surface area contributed by atoms with Gasteiger partial charge in [0.15, 0.2) is 0 Å². The molecule has 0 radical (unpaired) electrons. The van der Waals surface area contributed by atoms with Crippen LogP contribution in [-0.4, -0.2) is 17.3 Å². The molecule has 1 saturated carbocycles. The summed E-state index contributed by atoms with van der Waals surface area (Å²) in [5.41, 5.74) is 0.135. The van der Waals surface area contributed by atoms with Gasteiger partial charge in [0.25, 0.3) is 0 Å². The summed E-state index contributed by atoms with van der Waals surface area (Å²) < 4.78 is 0. The Kier molecular flexibility index (Phi) is 4.23. The molecule has 0 saturated heterocycles. The highest BCUT2D eigenvalue weighted by Crippen LogP contribution is 2.41. The molecule has 0 atom stereocenters. The Morgan fingerprint density at radius 3 is 2.50 bits per heavy atom. The van der Waals surface area contributed by atoms with Gasteiger partial charge in [0.05, 0.1) is 10.4 Å². The first-order valence-electron chi connectivity index (χ1n) is 6.17. The normalized spacial score (nSPS) is 18.6. The monoisotopic (exact) mass is 284 g/mol. The maximum atomic E-state index is 11.7. The van der Waals surface area contributed by atoms with E-state index in [-0.39, 0.29) is 0 Å². The quantitative estimate of drug-likeness (QED) is 0.839. The van der Waals surface area contributed by atoms with Crippen molar-refractivity contribution in [3.8, 4) is 0 Å². The van der Waals surface area contributed by atoms with Gasteiger partial charge in [-0.15, -0.1) is 11.8 Å². The third kappa shape index (κ3) is 2.39. The van der Waals surface area contributed by atoms with Gasteiger partial charge in [-0.25, -0.2) is 0 Å². The maximum absolute atomic E-state index is 11.7. The molecule has 0 spiro atoms. The van der Waals surface area contributed by atoms with E-state index < -0.39 is 11.4 Å². The van der Waals surface area contributed by atoms with Crippen molar-refractivity contribution in [3.05, 3.63) is 28.8 Å². The number of carboxylic acids is 1. The fraction of sp³-hybridized carbons (Fsp3) is 0.500. The van der Waals surface area contributed by atoms with Crippen LogP contribution in [0.2, 0.25) is 5.02 Å². The van der Waals surface area contributed by atoms with Gasteiger partial charge >= 0.3 is 5.97 Å². The predicted octanol–water partition coefficient (Wildman–Crippen LogP) is 4.35. The van der Waals surface area contributed by atoms with E-state index in [1.165, 1.54) is 0 Å². The van der Waals surface area contributed by atoms with Crippen LogP contribution in [0.1, 0.15) is 37.7 Å². The first-order chi connectivity index (χ1) is 8.60. The lowest BCUT2D eigenvalue weighted by Crippen LogP contribution is -2.37. The molecule has 98 valence electrons. The Labute approximate surface area is 117 Å². The molecule has 4 heteroatoms. The van der Waals surface area contributed by atoms with E-state index in [9.17, 15) is 9.90 Å². The molecule has 0 bridgehead atoms. The number of rotatable bonds is 3. The lowest BCUT2D eigenvalue weighted by atomic mass is 9.69. The van der Waals surface area contributed by atoms with Crippen LogP contribution in [0.15, 0.2) is 23.1 Å². The highest BCUT2D eigenvalue weighted by atomic mass is 35.5. The average Bonchev–Trinajstić information content (AvgIpc) is 2.39. The largest absolute Gasteiger partial charge is 0.481 e. The zero-order valence-electron chi connectivity index (χ0n) is 10.4. The zero-order chi connectivity index (χ0) is 13.2. The van der Waals surface area contributed by atoms with E-state index >= 15 is 0 Å². The zero-order valence-corrected chi connectivity index (χ0v) is 12.0. The van der Waals surface area contributed by atoms with Gasteiger partial charge in [-0.3, -0.25) is 4.79 Å². The number of thioether (sulfide) groups is 1. The molecule has 1 fully saturated rings. The number of hydrogen-bond donors (Lipinski definition) is 1. The van der Waals surface area contributed by atoms with Gasteiger partial charge < -0.3 is 5.11 Å². The molecule has 2 rings (SSSR count). The molecule has 18 heavy (non-hydrogen) atoms. The van der Waals surface area contributed by atoms with Crippen LogP contribution in [0.4, 0.5) is 0 Å². The minimum absolute atomic E-state index is 0.659. The lowest BCUT2D eigenvalue weighted by molar-refractivity contribution is -0.145. The molecule has 0 aromatic heterocycles. The summed E-state index contributed by atoms with van der Waals surface area (Å²) in [6.45, 7) is 0. The van der Waals surface area contributed by atoms with E-state index in [1.54, 1.807) is 11.8 Å². The topological polar surface area (TPSA) is 37.3 Å². The van der Waals surface area contributed by atoms with Gasteiger partial charge in [0.2, 0.25) is 0 Å². The third-order valence-electron chi connectivity index (χ3n) is 3.82. The van der Waals surface area contributed by atoms with Crippen molar-refractivity contribution in [3.63, 3.8) is 0 Å². The molecular weight excluding hydrogens is 268 g/mol. The second-order valence-electron chi connectivity index (χ2n) is 4.80. The first-order valence-corrected chi connectivity index (χ1v) is 7.78. The smallest absolute Gasteiger partial charge is 0.314 e. The van der Waals surface area contributed by atoms with Crippen LogP contribution in [0, 0.1) is 0 Å². The van der Waals surface area contributed by atoms with Crippen molar-refractivity contribution in [2.75, 3.05) is 6.26 Å². The van der Waals surface area contributed by atoms with Gasteiger partial charge in [-0.1, -0.05) is 36.9 Å². The maximum Gasteiger partial charge on any atom is 0.314 e. The first kappa shape index (κ1) is 13.8. The van der Waals surface area contributed by atoms with Crippen LogP contribution in [0.5, 0.6) is 0 Å². The van der Waals surface area contributed by atoms with E-state index in [2.05, 4.69) is 0 Å². The van der Waals surface area contributed by atoms with Gasteiger partial charge in [-0.2, -0.15) is 0 Å². The molecule has 1 aliphatic carbocycles. The van der Waals surface area contributed by atoms with Gasteiger partial charge in [-0.05, 0) is 36.8 Å². The fourth-order valence-corrected chi connectivity index (χ4v) is 3.62. The summed E-state index contributed by atoms with van der Waals surface area (Å²) in [6, 6.07) is 5.70. The van der Waals surface area contributed by atoms with E-state index in [1.807, 2.05) is 24.5 Å². The van der Waals surface area contributed by atoms with Crippen LogP contribution < -0.4 is 0 Å². The van der Waals surface area contributed by atoms with Crippen LogP contribution in [0.25, 0.3) is 0 Å². The molecule has 0 amide bonds. The summed E-state index contributed by atoms with van der Waals surface area (Å²) in [4.78, 5) is 12.7. The van der Waals surface area contributed by atoms with Crippen molar-refractivity contribution in [2.24, 2.45) is 0 Å². The SMILES string of the molecule is CSc1ccc(C2(C(=O)O)CCCCC2)cc1Cl. The highest BCUT2D eigenvalue weighted by Gasteiger charge is 2.41. The van der Waals surface area contributed by atoms with Crippen LogP contribution in [-0.2, 0) is 10.2 Å². The Balaban J connectivity index is 2.43. The Morgan fingerprint density at radius 2 is 2.00 bits per heavy atom. The summed E-state index contributed by atoms with van der Waals surface area (Å²) in [6.07, 6.45) is 6.50. The lowest BCUT2D eigenvalue weighted by Gasteiger charge is -2.33. The van der Waals surface area contributed by atoms with Gasteiger partial charge in [0, 0.05) is 4.90 Å². The third-order valence-corrected chi connectivity index (χ3v) is 5.04. The molecule has 1 N–H and O–H groups in total. The summed E-state index contributed by atoms with van der Waals surface area (Å²) >= 11 is 7.78. The Hall–Kier alpha value is -0.670. The molecule has 1 aromatic carbocycles. The molecule has 1 aromatic rings. The molecule has 0 aliphatic heterocycles. The fourth-order valence-electron chi connectivity index (χ4n) is 2.75. The van der Waals surface area contributed by atoms with Crippen LogP contribution in [0.3, 0.4) is 0 Å². The molecule has 2 nitrogen and oxygen atoms in total. The highest BCUT2D eigenvalue weighted by molar-refractivity contribution is 7.98. The van der Waals surface area contributed by atoms with E-state index in [0.717, 1.165) is 42.6 Å². The minimum atomic E-state index is -0.723. The molecule has 1 aliphatic rings. The number of aliphatic carboxylic acids is 1. The summed E-state index contributed by atoms with van der Waals surface area (Å²) in [5.74, 6) is -0.713. The molecule has 0 unspecified atom stereocenters. The number of benzene rings is 1. The van der Waals surface area contributed by atoms with Crippen molar-refractivity contribution in [2.45, 2.75) is 42.4 Å².